The van der Waals surface area contributed by atoms with Gasteiger partial charge in [0.1, 0.15) is 5.82 Å². The van der Waals surface area contributed by atoms with Crippen molar-refractivity contribution in [1.29, 1.82) is 0 Å². The average molecular weight is 394 g/mol. The number of alkyl halides is 3. The molecule has 0 atom stereocenters. The number of anilines is 1. The molecular weight excluding hydrogens is 373 g/mol. The van der Waals surface area contributed by atoms with Crippen molar-refractivity contribution in [2.24, 2.45) is 5.10 Å². The number of nitrogens with zero attached hydrogens (tertiary/aromatic N) is 4. The third-order valence-electron chi connectivity index (χ3n) is 3.72. The van der Waals surface area contributed by atoms with E-state index in [1.165, 1.54) is 18.2 Å². The number of aromatic nitrogens is 1. The molecule has 1 amide bonds. The van der Waals surface area contributed by atoms with E-state index in [0.717, 1.165) is 17.1 Å². The Balaban J connectivity index is 2.28. The molecule has 2 rings (SSSR count). The summed E-state index contributed by atoms with van der Waals surface area (Å²) in [6.45, 7) is 1.93. The number of halogens is 3. The zero-order valence-corrected chi connectivity index (χ0v) is 16.0. The van der Waals surface area contributed by atoms with E-state index < -0.39 is 17.8 Å². The van der Waals surface area contributed by atoms with Crippen LogP contribution in [0.2, 0.25) is 0 Å². The molecule has 28 heavy (non-hydrogen) atoms. The van der Waals surface area contributed by atoms with E-state index in [-0.39, 0.29) is 18.1 Å². The Bertz CT molecular complexity index is 849. The van der Waals surface area contributed by atoms with Crippen LogP contribution in [0.15, 0.2) is 41.5 Å². The summed E-state index contributed by atoms with van der Waals surface area (Å²) in [5.74, 6) is 0.214. The van der Waals surface area contributed by atoms with Crippen molar-refractivity contribution < 1.29 is 22.7 Å². The molecule has 0 aliphatic heterocycles. The molecule has 0 saturated heterocycles. The van der Waals surface area contributed by atoms with Crippen LogP contribution in [0.1, 0.15) is 18.1 Å². The first kappa shape index (κ1) is 21.2. The highest BCUT2D eigenvalue weighted by atomic mass is 19.4. The number of hydrogen-bond donors (Lipinski definition) is 0. The molecule has 0 N–H and O–H groups in total. The fourth-order valence-electron chi connectivity index (χ4n) is 2.21. The van der Waals surface area contributed by atoms with Gasteiger partial charge >= 0.3 is 12.3 Å². The lowest BCUT2D eigenvalue weighted by Crippen LogP contribution is -2.22. The highest BCUT2D eigenvalue weighted by Crippen LogP contribution is 2.33. The van der Waals surface area contributed by atoms with Crippen LogP contribution >= 0.6 is 0 Å². The van der Waals surface area contributed by atoms with Crippen LogP contribution < -0.4 is 4.90 Å². The van der Waals surface area contributed by atoms with Crippen LogP contribution in [0.25, 0.3) is 11.3 Å². The van der Waals surface area contributed by atoms with E-state index in [1.807, 2.05) is 0 Å². The number of ether oxygens (including phenoxy) is 1. The Labute approximate surface area is 161 Å². The maximum Gasteiger partial charge on any atom is 0.430 e. The average Bonchev–Trinajstić information content (AvgIpc) is 2.65. The van der Waals surface area contributed by atoms with Gasteiger partial charge < -0.3 is 9.64 Å². The van der Waals surface area contributed by atoms with E-state index in [9.17, 15) is 18.0 Å². The molecule has 6 nitrogen and oxygen atoms in total. The number of benzene rings is 1. The first-order valence-electron chi connectivity index (χ1n) is 8.43. The van der Waals surface area contributed by atoms with E-state index in [0.29, 0.717) is 11.1 Å². The monoisotopic (exact) mass is 394 g/mol. The predicted octanol–water partition coefficient (Wildman–Crippen LogP) is 4.26. The van der Waals surface area contributed by atoms with E-state index in [4.69, 9.17) is 4.74 Å². The van der Waals surface area contributed by atoms with Crippen LogP contribution in [0, 0.1) is 0 Å². The minimum atomic E-state index is -4.47. The summed E-state index contributed by atoms with van der Waals surface area (Å²) in [4.78, 5) is 17.3. The van der Waals surface area contributed by atoms with Crippen LogP contribution in [0.5, 0.6) is 0 Å². The van der Waals surface area contributed by atoms with Crippen LogP contribution in [0.3, 0.4) is 0 Å². The maximum absolute atomic E-state index is 13.2. The third kappa shape index (κ3) is 5.45. The molecule has 0 unspecified atom stereocenters. The van der Waals surface area contributed by atoms with E-state index in [2.05, 4.69) is 10.1 Å². The van der Waals surface area contributed by atoms with Gasteiger partial charge in [0.2, 0.25) is 0 Å². The summed E-state index contributed by atoms with van der Waals surface area (Å²) in [5, 5.41) is 5.01. The molecule has 0 aliphatic carbocycles. The Morgan fingerprint density at radius 2 is 1.82 bits per heavy atom. The van der Waals surface area contributed by atoms with Gasteiger partial charge in [-0.1, -0.05) is 24.3 Å². The molecule has 2 aromatic rings. The molecule has 150 valence electrons. The lowest BCUT2D eigenvalue weighted by Gasteiger charge is -2.16. The van der Waals surface area contributed by atoms with Crippen LogP contribution in [0.4, 0.5) is 23.8 Å². The summed E-state index contributed by atoms with van der Waals surface area (Å²) in [7, 11) is 4.72. The van der Waals surface area contributed by atoms with Gasteiger partial charge in [0.25, 0.3) is 0 Å². The molecule has 0 bridgehead atoms. The molecule has 0 radical (unpaired) electrons. The molecular formula is C19H21F3N4O2. The number of hydrazone groups is 1. The summed E-state index contributed by atoms with van der Waals surface area (Å²) in [5.41, 5.74) is 0.651. The molecule has 9 heteroatoms. The Morgan fingerprint density at radius 1 is 1.18 bits per heavy atom. The smallest absolute Gasteiger partial charge is 0.430 e. The van der Waals surface area contributed by atoms with Crippen molar-refractivity contribution in [2.45, 2.75) is 13.1 Å². The Morgan fingerprint density at radius 3 is 2.36 bits per heavy atom. The Hall–Kier alpha value is -3.10. The number of pyridine rings is 1. The number of rotatable bonds is 5. The normalized spacial score (nSPS) is 11.5. The topological polar surface area (TPSA) is 58.0 Å². The van der Waals surface area contributed by atoms with Gasteiger partial charge in [0.15, 0.2) is 0 Å². The molecule has 0 aliphatic rings. The van der Waals surface area contributed by atoms with E-state index in [1.54, 1.807) is 45.3 Å². The van der Waals surface area contributed by atoms with Crippen molar-refractivity contribution in [2.75, 3.05) is 32.6 Å². The van der Waals surface area contributed by atoms with Crippen molar-refractivity contribution in [3.63, 3.8) is 0 Å². The SMILES string of the molecule is CCOC(=O)N(C)/N=C/c1ccc(-c2cc(C(F)(F)F)cc(N(C)C)n2)cc1. The van der Waals surface area contributed by atoms with Crippen molar-refractivity contribution >= 4 is 18.1 Å². The lowest BCUT2D eigenvalue weighted by molar-refractivity contribution is -0.137. The van der Waals surface area contributed by atoms with Gasteiger partial charge in [-0.15, -0.1) is 0 Å². The van der Waals surface area contributed by atoms with Gasteiger partial charge in [-0.3, -0.25) is 0 Å². The van der Waals surface area contributed by atoms with Crippen molar-refractivity contribution in [3.8, 4) is 11.3 Å². The number of carbonyl (C=O) groups is 1. The maximum atomic E-state index is 13.2. The lowest BCUT2D eigenvalue weighted by atomic mass is 10.1. The Kier molecular flexibility index (Phi) is 6.61. The summed E-state index contributed by atoms with van der Waals surface area (Å²) >= 11 is 0. The zero-order valence-electron chi connectivity index (χ0n) is 16.0. The molecule has 1 heterocycles. The van der Waals surface area contributed by atoms with Gasteiger partial charge in [-0.25, -0.2) is 14.8 Å². The first-order valence-corrected chi connectivity index (χ1v) is 8.43. The van der Waals surface area contributed by atoms with Crippen molar-refractivity contribution in [3.05, 3.63) is 47.5 Å². The fraction of sp³-hybridized carbons (Fsp3) is 0.316. The second-order valence-corrected chi connectivity index (χ2v) is 6.08. The van der Waals surface area contributed by atoms with E-state index >= 15 is 0 Å². The summed E-state index contributed by atoms with van der Waals surface area (Å²) in [6, 6.07) is 8.67. The second-order valence-electron chi connectivity index (χ2n) is 6.08. The van der Waals surface area contributed by atoms with Crippen LogP contribution in [-0.4, -0.2) is 50.1 Å². The third-order valence-corrected chi connectivity index (χ3v) is 3.72. The summed E-state index contributed by atoms with van der Waals surface area (Å²) < 4.78 is 44.4. The van der Waals surface area contributed by atoms with Crippen molar-refractivity contribution in [1.82, 2.24) is 9.99 Å². The van der Waals surface area contributed by atoms with Gasteiger partial charge in [0.05, 0.1) is 24.1 Å². The molecule has 0 spiro atoms. The largest absolute Gasteiger partial charge is 0.448 e. The minimum Gasteiger partial charge on any atom is -0.448 e. The molecule has 0 fully saturated rings. The minimum absolute atomic E-state index is 0.214. The molecule has 0 saturated carbocycles. The standard InChI is InChI=1S/C19H21F3N4O2/c1-5-28-18(27)26(4)23-12-13-6-8-14(9-7-13)16-10-15(19(20,21)22)11-17(24-16)25(2)3/h6-12H,5H2,1-4H3/b23-12+. The van der Waals surface area contributed by atoms with Gasteiger partial charge in [0, 0.05) is 26.7 Å². The number of amides is 1. The predicted molar refractivity (Wildman–Crippen MR) is 101 cm³/mol. The van der Waals surface area contributed by atoms with Gasteiger partial charge in [-0.05, 0) is 24.6 Å². The van der Waals surface area contributed by atoms with Crippen LogP contribution in [-0.2, 0) is 10.9 Å². The number of carbonyl (C=O) groups excluding carboxylic acids is 1. The highest BCUT2D eigenvalue weighted by molar-refractivity contribution is 5.82. The first-order chi connectivity index (χ1) is 13.1. The highest BCUT2D eigenvalue weighted by Gasteiger charge is 2.32. The summed E-state index contributed by atoms with van der Waals surface area (Å²) in [6.07, 6.45) is -3.60. The molecule has 1 aromatic heterocycles. The fourth-order valence-corrected chi connectivity index (χ4v) is 2.21. The van der Waals surface area contributed by atoms with Gasteiger partial charge in [-0.2, -0.15) is 18.3 Å². The zero-order chi connectivity index (χ0) is 20.9. The number of hydrogen-bond acceptors (Lipinski definition) is 5. The second kappa shape index (κ2) is 8.73. The quantitative estimate of drug-likeness (QED) is 0.562. The molecule has 1 aromatic carbocycles.